The van der Waals surface area contributed by atoms with Gasteiger partial charge in [-0.3, -0.25) is 0 Å². The van der Waals surface area contributed by atoms with Gasteiger partial charge < -0.3 is 14.2 Å². The highest BCUT2D eigenvalue weighted by atomic mass is 32.1. The molecule has 2 aliphatic carbocycles. The van der Waals surface area contributed by atoms with Gasteiger partial charge in [0.15, 0.2) is 5.58 Å². The van der Waals surface area contributed by atoms with Gasteiger partial charge in [0, 0.05) is 59.9 Å². The van der Waals surface area contributed by atoms with E-state index in [-0.39, 0.29) is 22.5 Å². The molecule has 16 aromatic rings. The van der Waals surface area contributed by atoms with Crippen molar-refractivity contribution in [1.82, 2.24) is 0 Å². The molecule has 6 heteroatoms. The van der Waals surface area contributed by atoms with Crippen molar-refractivity contribution >= 4 is 87.6 Å². The molecule has 0 bridgehead atoms. The van der Waals surface area contributed by atoms with Crippen molar-refractivity contribution in [3.63, 3.8) is 0 Å². The number of hydrogen-bond donors (Lipinski definition) is 0. The van der Waals surface area contributed by atoms with E-state index in [1.807, 2.05) is 6.07 Å². The Morgan fingerprint density at radius 1 is 0.333 bits per heavy atom. The Labute approximate surface area is 579 Å². The highest BCUT2D eigenvalue weighted by Crippen LogP contribution is 2.69. The van der Waals surface area contributed by atoms with E-state index in [0.29, 0.717) is 21.3 Å². The van der Waals surface area contributed by atoms with Crippen molar-refractivity contribution in [2.45, 2.75) is 57.8 Å². The first kappa shape index (κ1) is 60.0. The molecule has 18 rings (SSSR count). The number of anilines is 6. The van der Waals surface area contributed by atoms with Gasteiger partial charge in [0.1, 0.15) is 17.2 Å². The molecule has 0 N–H and O–H groups in total. The summed E-state index contributed by atoms with van der Waals surface area (Å²) in [4.78, 5) is 4.86. The molecule has 0 amide bonds. The maximum atomic E-state index is 17.7. The Kier molecular flexibility index (Phi) is 13.8. The molecule has 14 aromatic carbocycles. The molecular formula is C93H68F2N2OS. The van der Waals surface area contributed by atoms with E-state index in [1.54, 1.807) is 18.2 Å². The monoisotopic (exact) mass is 1300 g/mol. The quantitative estimate of drug-likeness (QED) is 0.136. The van der Waals surface area contributed by atoms with Crippen molar-refractivity contribution in [3.05, 3.63) is 348 Å². The third-order valence-corrected chi connectivity index (χ3v) is 22.0. The second kappa shape index (κ2) is 22.8. The topological polar surface area (TPSA) is 19.6 Å². The zero-order chi connectivity index (χ0) is 67.1. The predicted molar refractivity (Wildman–Crippen MR) is 411 cm³/mol. The normalized spacial score (nSPS) is 12.9. The molecule has 0 radical (unpaired) electrons. The third kappa shape index (κ3) is 9.48. The van der Waals surface area contributed by atoms with Gasteiger partial charge in [0.25, 0.3) is 0 Å². The summed E-state index contributed by atoms with van der Waals surface area (Å²) in [6.07, 6.45) is 0. The minimum atomic E-state index is -1.05. The molecule has 0 saturated heterocycles. The first-order valence-electron chi connectivity index (χ1n) is 34.1. The third-order valence-electron chi connectivity index (χ3n) is 20.7. The Bertz CT molecular complexity index is 5840. The molecule has 1 spiro atoms. The van der Waals surface area contributed by atoms with Crippen molar-refractivity contribution < 1.29 is 13.2 Å². The van der Waals surface area contributed by atoms with Crippen molar-refractivity contribution in [3.8, 4) is 66.8 Å². The van der Waals surface area contributed by atoms with Crippen LogP contribution in [0, 0.1) is 11.6 Å². The molecule has 0 aliphatic heterocycles. The van der Waals surface area contributed by atoms with Gasteiger partial charge in [0.05, 0.1) is 32.9 Å². The van der Waals surface area contributed by atoms with E-state index < -0.39 is 5.41 Å². The summed E-state index contributed by atoms with van der Waals surface area (Å²) < 4.78 is 43.6. The van der Waals surface area contributed by atoms with E-state index in [4.69, 9.17) is 4.42 Å². The zero-order valence-corrected chi connectivity index (χ0v) is 56.7. The second-order valence-corrected chi connectivity index (χ2v) is 29.6. The van der Waals surface area contributed by atoms with E-state index in [2.05, 4.69) is 324 Å². The van der Waals surface area contributed by atoms with Crippen LogP contribution in [0.15, 0.2) is 308 Å². The lowest BCUT2D eigenvalue weighted by molar-refractivity contribution is 0.590. The average molecular weight is 1300 g/mol. The average Bonchev–Trinajstić information content (AvgIpc) is 1.49. The zero-order valence-electron chi connectivity index (χ0n) is 55.8. The molecule has 0 atom stereocenters. The number of halogens is 2. The lowest BCUT2D eigenvalue weighted by atomic mass is 9.70. The van der Waals surface area contributed by atoms with Gasteiger partial charge in [-0.15, -0.1) is 11.3 Å². The summed E-state index contributed by atoms with van der Waals surface area (Å²) in [5, 5.41) is 3.12. The first-order chi connectivity index (χ1) is 48.2. The Morgan fingerprint density at radius 2 is 0.798 bits per heavy atom. The summed E-state index contributed by atoms with van der Waals surface area (Å²) in [5.41, 5.74) is 24.4. The number of fused-ring (bicyclic) bond motifs is 18. The fraction of sp³-hybridized carbons (Fsp3) is 0.0968. The minimum absolute atomic E-state index is 0.140. The molecule has 99 heavy (non-hydrogen) atoms. The molecule has 2 aromatic heterocycles. The smallest absolute Gasteiger partial charge is 0.160 e. The van der Waals surface area contributed by atoms with Gasteiger partial charge >= 0.3 is 0 Å². The highest BCUT2D eigenvalue weighted by molar-refractivity contribution is 7.26. The predicted octanol–water partition coefficient (Wildman–Crippen LogP) is 26.8. The maximum Gasteiger partial charge on any atom is 0.160 e. The van der Waals surface area contributed by atoms with Crippen molar-refractivity contribution in [2.24, 2.45) is 0 Å². The van der Waals surface area contributed by atoms with Crippen LogP contribution in [0.25, 0.3) is 109 Å². The first-order valence-corrected chi connectivity index (χ1v) is 34.9. The van der Waals surface area contributed by atoms with Crippen LogP contribution in [0.4, 0.5) is 42.9 Å². The number of furan rings is 1. The molecule has 0 unspecified atom stereocenters. The standard InChI is InChI=1S/C93H68F2N2OS/c1-91(2,3)63-40-45-66(46-41-63)96(79-52-61(57-24-11-7-12-25-57)38-49-68(79)59-28-15-9-16-29-59)81-55-77-87(90-84(81)72-34-23-37-78(95)89(72)99-90)86-76(93(77)74-35-21-19-32-70(74)71-33-20-22-36-75(71)93)56-82(88-85(86)73-54-65(94)44-51-83(73)98-88)97(67-47-42-64(43-48-67)92(4,5)6)80-53-62(58-26-13-8-14-27-58)39-50-69(80)60-30-17-10-18-31-60/h7-56H,1-6H3. The van der Waals surface area contributed by atoms with Crippen LogP contribution in [0.2, 0.25) is 0 Å². The van der Waals surface area contributed by atoms with E-state index >= 15 is 8.78 Å². The van der Waals surface area contributed by atoms with Gasteiger partial charge in [-0.05, 0) is 162 Å². The molecule has 2 heterocycles. The summed E-state index contributed by atoms with van der Waals surface area (Å²) in [6.45, 7) is 13.5. The maximum absolute atomic E-state index is 17.7. The Hall–Kier alpha value is -11.4. The Morgan fingerprint density at radius 3 is 1.31 bits per heavy atom. The van der Waals surface area contributed by atoms with Crippen molar-refractivity contribution in [2.75, 3.05) is 9.80 Å². The second-order valence-electron chi connectivity index (χ2n) is 28.5. The van der Waals surface area contributed by atoms with E-state index in [1.165, 1.54) is 28.5 Å². The largest absolute Gasteiger partial charge is 0.454 e. The summed E-state index contributed by atoms with van der Waals surface area (Å²) in [5.74, 6) is -0.679. The summed E-state index contributed by atoms with van der Waals surface area (Å²) >= 11 is 1.50. The van der Waals surface area contributed by atoms with Crippen LogP contribution in [-0.4, -0.2) is 0 Å². The van der Waals surface area contributed by atoms with E-state index in [0.717, 1.165) is 144 Å². The Balaban J connectivity index is 1.04. The molecular weight excluding hydrogens is 1230 g/mol. The molecule has 476 valence electrons. The number of nitrogens with zero attached hydrogens (tertiary/aromatic N) is 2. The van der Waals surface area contributed by atoms with Crippen LogP contribution in [-0.2, 0) is 16.2 Å². The SMILES string of the molecule is CC(C)(C)c1ccc(N(c2cc(-c3ccccc3)ccc2-c2ccccc2)c2cc3c(c4c2oc2ccc(F)cc24)-c2c(cc(N(c4ccc(C(C)(C)C)cc4)c4cc(-c5ccccc5)ccc4-c4ccccc4)c4c2sc2c(F)cccc24)C32c3ccccc3-c3ccccc32)cc1. The summed E-state index contributed by atoms with van der Waals surface area (Å²) in [7, 11) is 0. The van der Waals surface area contributed by atoms with Crippen LogP contribution in [0.1, 0.15) is 74.9 Å². The lowest BCUT2D eigenvalue weighted by Gasteiger charge is -2.34. The van der Waals surface area contributed by atoms with Gasteiger partial charge in [-0.2, -0.15) is 0 Å². The van der Waals surface area contributed by atoms with Crippen LogP contribution >= 0.6 is 11.3 Å². The lowest BCUT2D eigenvalue weighted by Crippen LogP contribution is -2.26. The molecule has 2 aliphatic rings. The number of hydrogen-bond acceptors (Lipinski definition) is 4. The molecule has 0 fully saturated rings. The van der Waals surface area contributed by atoms with Crippen LogP contribution in [0.3, 0.4) is 0 Å². The number of thiophene rings is 1. The van der Waals surface area contributed by atoms with E-state index in [9.17, 15) is 0 Å². The van der Waals surface area contributed by atoms with Crippen molar-refractivity contribution in [1.29, 1.82) is 0 Å². The molecule has 3 nitrogen and oxygen atoms in total. The number of rotatable bonds is 10. The van der Waals surface area contributed by atoms with Gasteiger partial charge in [-0.1, -0.05) is 272 Å². The highest BCUT2D eigenvalue weighted by Gasteiger charge is 2.54. The van der Waals surface area contributed by atoms with Crippen LogP contribution < -0.4 is 9.80 Å². The van der Waals surface area contributed by atoms with Gasteiger partial charge in [0.2, 0.25) is 0 Å². The molecule has 0 saturated carbocycles. The number of benzene rings is 14. The van der Waals surface area contributed by atoms with Crippen LogP contribution in [0.5, 0.6) is 0 Å². The summed E-state index contributed by atoms with van der Waals surface area (Å²) in [6, 6.07) is 107. The fourth-order valence-electron chi connectivity index (χ4n) is 16.0. The minimum Gasteiger partial charge on any atom is -0.454 e. The van der Waals surface area contributed by atoms with Gasteiger partial charge in [-0.25, -0.2) is 8.78 Å². The fourth-order valence-corrected chi connectivity index (χ4v) is 17.3.